The van der Waals surface area contributed by atoms with Crippen LogP contribution in [0, 0.1) is 10.1 Å². The average molecular weight is 426 g/mol. The number of rotatable bonds is 8. The van der Waals surface area contributed by atoms with E-state index in [0.29, 0.717) is 23.5 Å². The molecule has 2 aromatic rings. The van der Waals surface area contributed by atoms with Gasteiger partial charge in [0.15, 0.2) is 23.0 Å². The van der Waals surface area contributed by atoms with Gasteiger partial charge in [0.25, 0.3) is 11.6 Å². The van der Waals surface area contributed by atoms with Crippen LogP contribution in [0.5, 0.6) is 11.5 Å². The van der Waals surface area contributed by atoms with E-state index in [1.54, 1.807) is 12.1 Å². The quantitative estimate of drug-likeness (QED) is 0.509. The molecule has 2 aromatic carbocycles. The number of aliphatic hydroxyl groups is 1. The second-order valence-electron chi connectivity index (χ2n) is 7.01. The summed E-state index contributed by atoms with van der Waals surface area (Å²) in [5.74, 6) is -0.574. The Kier molecular flexibility index (Phi) is 6.24. The first-order chi connectivity index (χ1) is 14.8. The number of benzene rings is 2. The molecule has 9 nitrogen and oxygen atoms in total. The van der Waals surface area contributed by atoms with Crippen LogP contribution in [0.4, 0.5) is 5.69 Å². The number of hydrogen-bond acceptors (Lipinski definition) is 7. The van der Waals surface area contributed by atoms with E-state index in [1.165, 1.54) is 50.3 Å². The van der Waals surface area contributed by atoms with Crippen LogP contribution in [-0.4, -0.2) is 47.4 Å². The van der Waals surface area contributed by atoms with Crippen molar-refractivity contribution in [3.05, 3.63) is 75.0 Å². The molecule has 31 heavy (non-hydrogen) atoms. The molecule has 3 rings (SSSR count). The summed E-state index contributed by atoms with van der Waals surface area (Å²) in [6.45, 7) is 1.48. The van der Waals surface area contributed by atoms with Gasteiger partial charge in [0.2, 0.25) is 0 Å². The highest BCUT2D eigenvalue weighted by atomic mass is 16.6. The Hall–Kier alpha value is -3.88. The lowest BCUT2D eigenvalue weighted by Gasteiger charge is -2.26. The minimum Gasteiger partial charge on any atom is -0.503 e. The second kappa shape index (κ2) is 8.86. The van der Waals surface area contributed by atoms with Gasteiger partial charge in [-0.05, 0) is 48.7 Å². The zero-order chi connectivity index (χ0) is 22.7. The summed E-state index contributed by atoms with van der Waals surface area (Å²) in [7, 11) is 3.06. The number of ketones is 1. The minimum absolute atomic E-state index is 0.0221. The number of aliphatic hydroxyl groups excluding tert-OH is 1. The van der Waals surface area contributed by atoms with Crippen molar-refractivity contribution >= 4 is 17.4 Å². The van der Waals surface area contributed by atoms with Gasteiger partial charge < -0.3 is 19.5 Å². The zero-order valence-corrected chi connectivity index (χ0v) is 17.3. The summed E-state index contributed by atoms with van der Waals surface area (Å²) in [6, 6.07) is 10.1. The summed E-state index contributed by atoms with van der Waals surface area (Å²) >= 11 is 0. The molecule has 0 aromatic heterocycles. The van der Waals surface area contributed by atoms with E-state index in [4.69, 9.17) is 9.47 Å². The molecule has 0 spiro atoms. The van der Waals surface area contributed by atoms with Crippen molar-refractivity contribution in [2.45, 2.75) is 19.4 Å². The SMILES string of the molecule is COc1ccc(CCN2C(=O)C(O)=C(C(C)=O)[C@@H]2c2ccc([N+](=O)[O-])cc2)cc1OC. The molecule has 1 N–H and O–H groups in total. The molecular weight excluding hydrogens is 404 g/mol. The molecule has 0 saturated heterocycles. The van der Waals surface area contributed by atoms with Gasteiger partial charge in [-0.25, -0.2) is 0 Å². The first-order valence-corrected chi connectivity index (χ1v) is 9.48. The van der Waals surface area contributed by atoms with E-state index in [0.717, 1.165) is 5.56 Å². The van der Waals surface area contributed by atoms with Gasteiger partial charge >= 0.3 is 0 Å². The molecule has 1 aliphatic heterocycles. The van der Waals surface area contributed by atoms with Gasteiger partial charge in [-0.3, -0.25) is 19.7 Å². The summed E-state index contributed by atoms with van der Waals surface area (Å²) in [5.41, 5.74) is 1.23. The Morgan fingerprint density at radius 1 is 1.13 bits per heavy atom. The molecule has 0 radical (unpaired) electrons. The molecule has 1 amide bonds. The standard InChI is InChI=1S/C22H22N2O7/c1-13(25)19-20(15-5-7-16(8-6-15)24(28)29)23(22(27)21(19)26)11-10-14-4-9-17(30-2)18(12-14)31-3/h4-9,12,20,26H,10-11H2,1-3H3/t20-/m0/s1. The molecule has 0 bridgehead atoms. The summed E-state index contributed by atoms with van der Waals surface area (Å²) < 4.78 is 10.5. The number of carbonyl (C=O) groups is 2. The van der Waals surface area contributed by atoms with Crippen LogP contribution in [0.25, 0.3) is 0 Å². The maximum Gasteiger partial charge on any atom is 0.290 e. The van der Waals surface area contributed by atoms with E-state index in [-0.39, 0.29) is 17.8 Å². The Bertz CT molecular complexity index is 1060. The number of amides is 1. The van der Waals surface area contributed by atoms with Crippen LogP contribution in [0.1, 0.15) is 24.1 Å². The largest absolute Gasteiger partial charge is 0.503 e. The van der Waals surface area contributed by atoms with Crippen LogP contribution >= 0.6 is 0 Å². The zero-order valence-electron chi connectivity index (χ0n) is 17.3. The first-order valence-electron chi connectivity index (χ1n) is 9.48. The van der Waals surface area contributed by atoms with Crippen molar-refractivity contribution in [1.82, 2.24) is 4.90 Å². The number of nitrogens with zero attached hydrogens (tertiary/aromatic N) is 2. The highest BCUT2D eigenvalue weighted by molar-refractivity contribution is 6.08. The van der Waals surface area contributed by atoms with Crippen LogP contribution in [-0.2, 0) is 16.0 Å². The second-order valence-corrected chi connectivity index (χ2v) is 7.01. The number of carbonyl (C=O) groups excluding carboxylic acids is 2. The maximum absolute atomic E-state index is 12.7. The molecule has 1 atom stereocenters. The number of ether oxygens (including phenoxy) is 2. The normalized spacial score (nSPS) is 15.9. The maximum atomic E-state index is 12.7. The van der Waals surface area contributed by atoms with Gasteiger partial charge in [0.05, 0.1) is 30.8 Å². The smallest absolute Gasteiger partial charge is 0.290 e. The molecule has 9 heteroatoms. The third kappa shape index (κ3) is 4.20. The fourth-order valence-corrected chi connectivity index (χ4v) is 3.65. The van der Waals surface area contributed by atoms with E-state index >= 15 is 0 Å². The lowest BCUT2D eigenvalue weighted by Crippen LogP contribution is -2.32. The van der Waals surface area contributed by atoms with Gasteiger partial charge in [-0.1, -0.05) is 6.07 Å². The summed E-state index contributed by atoms with van der Waals surface area (Å²) in [5, 5.41) is 21.3. The van der Waals surface area contributed by atoms with Crippen molar-refractivity contribution in [1.29, 1.82) is 0 Å². The Morgan fingerprint density at radius 3 is 2.32 bits per heavy atom. The Labute approximate surface area is 178 Å². The minimum atomic E-state index is -0.828. The highest BCUT2D eigenvalue weighted by Crippen LogP contribution is 2.38. The van der Waals surface area contributed by atoms with Crippen molar-refractivity contribution in [3.8, 4) is 11.5 Å². The fraction of sp³-hybridized carbons (Fsp3) is 0.273. The molecule has 0 unspecified atom stereocenters. The number of Topliss-reactive ketones (excluding diaryl/α,β-unsaturated/α-hetero) is 1. The third-order valence-electron chi connectivity index (χ3n) is 5.19. The molecule has 1 aliphatic rings. The number of non-ortho nitro benzene ring substituents is 1. The topological polar surface area (TPSA) is 119 Å². The highest BCUT2D eigenvalue weighted by Gasteiger charge is 2.42. The van der Waals surface area contributed by atoms with Crippen LogP contribution in [0.2, 0.25) is 0 Å². The van der Waals surface area contributed by atoms with Gasteiger partial charge in [-0.15, -0.1) is 0 Å². The van der Waals surface area contributed by atoms with Crippen molar-refractivity contribution in [2.75, 3.05) is 20.8 Å². The predicted octanol–water partition coefficient (Wildman–Crippen LogP) is 3.14. The molecular formula is C22H22N2O7. The first kappa shape index (κ1) is 21.8. The average Bonchev–Trinajstić information content (AvgIpc) is 3.02. The number of methoxy groups -OCH3 is 2. The number of nitro groups is 1. The molecule has 162 valence electrons. The van der Waals surface area contributed by atoms with E-state index in [1.807, 2.05) is 6.07 Å². The van der Waals surface area contributed by atoms with Crippen LogP contribution in [0.3, 0.4) is 0 Å². The van der Waals surface area contributed by atoms with Crippen molar-refractivity contribution in [2.24, 2.45) is 0 Å². The van der Waals surface area contributed by atoms with Crippen molar-refractivity contribution < 1.29 is 29.1 Å². The number of hydrogen-bond donors (Lipinski definition) is 1. The van der Waals surface area contributed by atoms with Gasteiger partial charge in [0, 0.05) is 18.7 Å². The Morgan fingerprint density at radius 2 is 1.77 bits per heavy atom. The lowest BCUT2D eigenvalue weighted by atomic mass is 9.96. The monoisotopic (exact) mass is 426 g/mol. The predicted molar refractivity (Wildman–Crippen MR) is 111 cm³/mol. The summed E-state index contributed by atoms with van der Waals surface area (Å²) in [6.07, 6.45) is 0.425. The van der Waals surface area contributed by atoms with E-state index in [9.17, 15) is 24.8 Å². The third-order valence-corrected chi connectivity index (χ3v) is 5.19. The van der Waals surface area contributed by atoms with Crippen LogP contribution in [0.15, 0.2) is 53.8 Å². The van der Waals surface area contributed by atoms with Gasteiger partial charge in [0.1, 0.15) is 0 Å². The van der Waals surface area contributed by atoms with E-state index in [2.05, 4.69) is 0 Å². The molecule has 0 fully saturated rings. The lowest BCUT2D eigenvalue weighted by molar-refractivity contribution is -0.384. The summed E-state index contributed by atoms with van der Waals surface area (Å²) in [4.78, 5) is 36.7. The van der Waals surface area contributed by atoms with Gasteiger partial charge in [-0.2, -0.15) is 0 Å². The number of nitro benzene ring substituents is 1. The van der Waals surface area contributed by atoms with Crippen molar-refractivity contribution in [3.63, 3.8) is 0 Å². The fourth-order valence-electron chi connectivity index (χ4n) is 3.65. The Balaban J connectivity index is 1.91. The molecule has 1 heterocycles. The van der Waals surface area contributed by atoms with E-state index < -0.39 is 28.4 Å². The van der Waals surface area contributed by atoms with Crippen LogP contribution < -0.4 is 9.47 Å². The molecule has 0 aliphatic carbocycles. The molecule has 0 saturated carbocycles.